The number of benzene rings is 2. The van der Waals surface area contributed by atoms with E-state index in [1.165, 1.54) is 7.11 Å². The first kappa shape index (κ1) is 23.1. The van der Waals surface area contributed by atoms with Crippen LogP contribution in [0.2, 0.25) is 0 Å². The molecule has 0 saturated heterocycles. The minimum atomic E-state index is -0.736. The smallest absolute Gasteiger partial charge is 0.352 e. The van der Waals surface area contributed by atoms with Crippen molar-refractivity contribution in [3.63, 3.8) is 0 Å². The third kappa shape index (κ3) is 5.20. The molecular weight excluding hydrogens is 408 g/mol. The fourth-order valence-corrected chi connectivity index (χ4v) is 3.19. The molecule has 0 unspecified atom stereocenters. The standard InChI is InChI=1S/C24H28N4O4/c1-16(2)19-9-11-20(12-10-19)28-24(31)27(15-18-7-5-17(3)6-8-18)23(30)21(26-28)22(29)25-13-14-32-4/h5-12,16H,13-15H2,1-4H3,(H,25,29). The first-order chi connectivity index (χ1) is 15.3. The fraction of sp³-hybridized carbons (Fsp3) is 0.333. The van der Waals surface area contributed by atoms with Gasteiger partial charge in [0.25, 0.3) is 11.5 Å². The van der Waals surface area contributed by atoms with Gasteiger partial charge in [0.05, 0.1) is 18.8 Å². The van der Waals surface area contributed by atoms with Crippen molar-refractivity contribution in [3.8, 4) is 5.69 Å². The molecule has 0 radical (unpaired) electrons. The van der Waals surface area contributed by atoms with Crippen molar-refractivity contribution < 1.29 is 9.53 Å². The van der Waals surface area contributed by atoms with Gasteiger partial charge in [-0.15, -0.1) is 0 Å². The highest BCUT2D eigenvalue weighted by Gasteiger charge is 2.20. The van der Waals surface area contributed by atoms with Crippen LogP contribution in [0.1, 0.15) is 46.9 Å². The molecule has 0 fully saturated rings. The van der Waals surface area contributed by atoms with E-state index in [0.29, 0.717) is 18.2 Å². The normalized spacial score (nSPS) is 11.0. The van der Waals surface area contributed by atoms with E-state index < -0.39 is 17.2 Å². The lowest BCUT2D eigenvalue weighted by atomic mass is 10.0. The fourth-order valence-electron chi connectivity index (χ4n) is 3.19. The van der Waals surface area contributed by atoms with Crippen LogP contribution in [-0.4, -0.2) is 40.5 Å². The van der Waals surface area contributed by atoms with E-state index in [0.717, 1.165) is 25.9 Å². The van der Waals surface area contributed by atoms with Gasteiger partial charge in [-0.2, -0.15) is 9.78 Å². The van der Waals surface area contributed by atoms with Gasteiger partial charge in [-0.1, -0.05) is 55.8 Å². The second-order valence-corrected chi connectivity index (χ2v) is 7.91. The zero-order chi connectivity index (χ0) is 23.3. The number of carbonyl (C=O) groups is 1. The molecule has 1 N–H and O–H groups in total. The van der Waals surface area contributed by atoms with Gasteiger partial charge in [-0.3, -0.25) is 14.2 Å². The zero-order valence-electron chi connectivity index (χ0n) is 18.8. The number of aromatic nitrogens is 3. The number of ether oxygens (including phenoxy) is 1. The van der Waals surface area contributed by atoms with E-state index in [1.807, 2.05) is 43.3 Å². The summed E-state index contributed by atoms with van der Waals surface area (Å²) in [5, 5.41) is 6.74. The number of carbonyl (C=O) groups excluding carboxylic acids is 1. The molecule has 32 heavy (non-hydrogen) atoms. The number of nitrogens with zero attached hydrogens (tertiary/aromatic N) is 3. The van der Waals surface area contributed by atoms with Gasteiger partial charge in [0.2, 0.25) is 5.69 Å². The van der Waals surface area contributed by atoms with Crippen molar-refractivity contribution in [2.24, 2.45) is 0 Å². The maximum atomic E-state index is 13.2. The highest BCUT2D eigenvalue weighted by Crippen LogP contribution is 2.15. The molecule has 0 aliphatic rings. The Morgan fingerprint density at radius 1 is 1.06 bits per heavy atom. The Hall–Kier alpha value is -3.52. The highest BCUT2D eigenvalue weighted by molar-refractivity contribution is 5.91. The van der Waals surface area contributed by atoms with Crippen LogP contribution in [0, 0.1) is 6.92 Å². The molecule has 0 saturated carbocycles. The number of nitrogens with one attached hydrogen (secondary N) is 1. The Balaban J connectivity index is 2.11. The molecule has 8 nitrogen and oxygen atoms in total. The van der Waals surface area contributed by atoms with Crippen LogP contribution in [0.4, 0.5) is 0 Å². The Kier molecular flexibility index (Phi) is 7.37. The van der Waals surface area contributed by atoms with Crippen LogP contribution in [0.25, 0.3) is 5.69 Å². The molecule has 168 valence electrons. The number of rotatable bonds is 8. The van der Waals surface area contributed by atoms with Crippen LogP contribution in [0.3, 0.4) is 0 Å². The van der Waals surface area contributed by atoms with E-state index >= 15 is 0 Å². The maximum absolute atomic E-state index is 13.2. The Morgan fingerprint density at radius 2 is 1.72 bits per heavy atom. The van der Waals surface area contributed by atoms with Gasteiger partial charge in [-0.05, 0) is 36.1 Å². The van der Waals surface area contributed by atoms with Crippen molar-refractivity contribution in [2.75, 3.05) is 20.3 Å². The average Bonchev–Trinajstić information content (AvgIpc) is 2.78. The number of hydrogen-bond acceptors (Lipinski definition) is 5. The molecular formula is C24H28N4O4. The summed E-state index contributed by atoms with van der Waals surface area (Å²) in [7, 11) is 1.51. The minimum absolute atomic E-state index is 0.0307. The molecule has 0 aliphatic heterocycles. The van der Waals surface area contributed by atoms with Crippen LogP contribution < -0.4 is 16.6 Å². The first-order valence-corrected chi connectivity index (χ1v) is 10.5. The summed E-state index contributed by atoms with van der Waals surface area (Å²) < 4.78 is 7.08. The molecule has 8 heteroatoms. The van der Waals surface area contributed by atoms with Crippen LogP contribution in [-0.2, 0) is 11.3 Å². The summed E-state index contributed by atoms with van der Waals surface area (Å²) in [6.07, 6.45) is 0. The van der Waals surface area contributed by atoms with Crippen LogP contribution in [0.5, 0.6) is 0 Å². The molecule has 0 atom stereocenters. The monoisotopic (exact) mass is 436 g/mol. The lowest BCUT2D eigenvalue weighted by Crippen LogP contribution is -2.46. The number of methoxy groups -OCH3 is 1. The van der Waals surface area contributed by atoms with Gasteiger partial charge in [0, 0.05) is 13.7 Å². The second kappa shape index (κ2) is 10.2. The average molecular weight is 437 g/mol. The van der Waals surface area contributed by atoms with Crippen molar-refractivity contribution >= 4 is 5.91 Å². The summed E-state index contributed by atoms with van der Waals surface area (Å²) in [4.78, 5) is 39.0. The predicted molar refractivity (Wildman–Crippen MR) is 123 cm³/mol. The Labute approximate surface area is 186 Å². The van der Waals surface area contributed by atoms with E-state index in [1.54, 1.807) is 12.1 Å². The number of amides is 1. The lowest BCUT2D eigenvalue weighted by molar-refractivity contribution is 0.0927. The molecule has 1 amide bonds. The van der Waals surface area contributed by atoms with Gasteiger partial charge < -0.3 is 10.1 Å². The van der Waals surface area contributed by atoms with Crippen LogP contribution in [0.15, 0.2) is 58.1 Å². The van der Waals surface area contributed by atoms with E-state index in [4.69, 9.17) is 4.74 Å². The summed E-state index contributed by atoms with van der Waals surface area (Å²) in [6, 6.07) is 14.8. The van der Waals surface area contributed by atoms with Crippen LogP contribution >= 0.6 is 0 Å². The van der Waals surface area contributed by atoms with Gasteiger partial charge >= 0.3 is 5.69 Å². The molecule has 3 rings (SSSR count). The van der Waals surface area contributed by atoms with Crippen molar-refractivity contribution in [1.82, 2.24) is 19.7 Å². The number of aryl methyl sites for hydroxylation is 1. The predicted octanol–water partition coefficient (Wildman–Crippen LogP) is 2.25. The molecule has 0 aliphatic carbocycles. The zero-order valence-corrected chi connectivity index (χ0v) is 18.8. The minimum Gasteiger partial charge on any atom is -0.383 e. The van der Waals surface area contributed by atoms with Gasteiger partial charge in [0.15, 0.2) is 0 Å². The van der Waals surface area contributed by atoms with Gasteiger partial charge in [0.1, 0.15) is 0 Å². The lowest BCUT2D eigenvalue weighted by Gasteiger charge is -2.13. The summed E-state index contributed by atoms with van der Waals surface area (Å²) in [6.45, 7) is 6.64. The quantitative estimate of drug-likeness (QED) is 0.547. The SMILES string of the molecule is COCCNC(=O)c1nn(-c2ccc(C(C)C)cc2)c(=O)n(Cc2ccc(C)cc2)c1=O. The molecule has 1 aromatic heterocycles. The van der Waals surface area contributed by atoms with Crippen molar-refractivity contribution in [1.29, 1.82) is 0 Å². The maximum Gasteiger partial charge on any atom is 0.352 e. The van der Waals surface area contributed by atoms with E-state index in [2.05, 4.69) is 24.3 Å². The molecule has 2 aromatic carbocycles. The third-order valence-electron chi connectivity index (χ3n) is 5.13. The molecule has 0 spiro atoms. The third-order valence-corrected chi connectivity index (χ3v) is 5.13. The highest BCUT2D eigenvalue weighted by atomic mass is 16.5. The Morgan fingerprint density at radius 3 is 2.31 bits per heavy atom. The molecule has 3 aromatic rings. The summed E-state index contributed by atoms with van der Waals surface area (Å²) in [5.41, 5.74) is 1.73. The van der Waals surface area contributed by atoms with Crippen molar-refractivity contribution in [2.45, 2.75) is 33.2 Å². The number of hydrogen-bond donors (Lipinski definition) is 1. The van der Waals surface area contributed by atoms with E-state index in [9.17, 15) is 14.4 Å². The largest absolute Gasteiger partial charge is 0.383 e. The molecule has 0 bridgehead atoms. The van der Waals surface area contributed by atoms with E-state index in [-0.39, 0.29) is 18.8 Å². The summed E-state index contributed by atoms with van der Waals surface area (Å²) in [5.74, 6) is -0.330. The Bertz CT molecular complexity index is 1190. The van der Waals surface area contributed by atoms with Crippen molar-refractivity contribution in [3.05, 3.63) is 91.8 Å². The first-order valence-electron chi connectivity index (χ1n) is 10.5. The van der Waals surface area contributed by atoms with Gasteiger partial charge in [-0.25, -0.2) is 4.79 Å². The second-order valence-electron chi connectivity index (χ2n) is 7.91. The molecule has 1 heterocycles. The summed E-state index contributed by atoms with van der Waals surface area (Å²) >= 11 is 0. The topological polar surface area (TPSA) is 95.2 Å².